The average Bonchev–Trinajstić information content (AvgIpc) is 3.46. The number of methoxy groups -OCH3 is 2. The van der Waals surface area contributed by atoms with Gasteiger partial charge in [-0.25, -0.2) is 0 Å². The van der Waals surface area contributed by atoms with Crippen molar-refractivity contribution in [1.29, 1.82) is 0 Å². The Morgan fingerprint density at radius 3 is 2.50 bits per heavy atom. The molecule has 0 aromatic heterocycles. The van der Waals surface area contributed by atoms with E-state index < -0.39 is 6.29 Å². The third-order valence-corrected chi connectivity index (χ3v) is 6.20. The fourth-order valence-electron chi connectivity index (χ4n) is 4.82. The number of carbonyl (C=O) groups is 2. The van der Waals surface area contributed by atoms with E-state index in [4.69, 9.17) is 9.47 Å². The fourth-order valence-corrected chi connectivity index (χ4v) is 4.82. The molecule has 1 aliphatic carbocycles. The summed E-state index contributed by atoms with van der Waals surface area (Å²) in [5.74, 6) is 0.0291. The lowest BCUT2D eigenvalue weighted by atomic mass is 10.1. The molecule has 2 fully saturated rings. The van der Waals surface area contributed by atoms with Gasteiger partial charge in [0.05, 0.1) is 6.04 Å². The van der Waals surface area contributed by atoms with Crippen molar-refractivity contribution in [3.63, 3.8) is 0 Å². The van der Waals surface area contributed by atoms with Crippen molar-refractivity contribution < 1.29 is 19.1 Å². The van der Waals surface area contributed by atoms with Crippen LogP contribution in [0.1, 0.15) is 36.8 Å². The van der Waals surface area contributed by atoms with E-state index in [0.29, 0.717) is 19.5 Å². The number of carbonyl (C=O) groups excluding carboxylic acids is 2. The topological polar surface area (TPSA) is 59.1 Å². The summed E-state index contributed by atoms with van der Waals surface area (Å²) in [6.07, 6.45) is 5.57. The van der Waals surface area contributed by atoms with Crippen LogP contribution in [0.25, 0.3) is 6.08 Å². The lowest BCUT2D eigenvalue weighted by Gasteiger charge is -2.34. The molecular formula is C22H28N2O4. The van der Waals surface area contributed by atoms with Gasteiger partial charge in [0.15, 0.2) is 6.29 Å². The third-order valence-electron chi connectivity index (χ3n) is 6.20. The van der Waals surface area contributed by atoms with Gasteiger partial charge in [-0.15, -0.1) is 0 Å². The first kappa shape index (κ1) is 19.2. The number of hydrogen-bond acceptors (Lipinski definition) is 4. The average molecular weight is 384 g/mol. The molecule has 2 heterocycles. The first-order valence-electron chi connectivity index (χ1n) is 10.1. The Morgan fingerprint density at radius 2 is 1.75 bits per heavy atom. The zero-order chi connectivity index (χ0) is 19.7. The van der Waals surface area contributed by atoms with Gasteiger partial charge in [0.25, 0.3) is 5.91 Å². The van der Waals surface area contributed by atoms with Gasteiger partial charge in [0, 0.05) is 39.3 Å². The second-order valence-electron chi connectivity index (χ2n) is 7.78. The Morgan fingerprint density at radius 1 is 1.04 bits per heavy atom. The summed E-state index contributed by atoms with van der Waals surface area (Å²) in [4.78, 5) is 30.2. The minimum atomic E-state index is -0.427. The summed E-state index contributed by atoms with van der Waals surface area (Å²) in [6, 6.07) is 7.61. The van der Waals surface area contributed by atoms with Gasteiger partial charge in [-0.2, -0.15) is 0 Å². The number of nitrogens with zero attached hydrogens (tertiary/aromatic N) is 2. The zero-order valence-corrected chi connectivity index (χ0v) is 16.6. The molecule has 2 aliphatic heterocycles. The molecule has 0 spiro atoms. The molecule has 0 bridgehead atoms. The van der Waals surface area contributed by atoms with Crippen LogP contribution >= 0.6 is 0 Å². The molecule has 3 aliphatic rings. The standard InChI is InChI=1S/C22H28N2O4/c1-27-22(28-2)19-10-6-12-24(19)21(26)18-9-5-11-23(18)20(25)17-13-15-7-3-4-8-16(15)14-17/h3-4,7-8,13,18-19,22H,5-6,9-12,14H2,1-2H3/t18-,19?/m0/s1. The van der Waals surface area contributed by atoms with E-state index in [9.17, 15) is 9.59 Å². The second-order valence-corrected chi connectivity index (χ2v) is 7.78. The van der Waals surface area contributed by atoms with E-state index in [1.165, 1.54) is 5.56 Å². The number of likely N-dealkylation sites (tertiary alicyclic amines) is 2. The molecule has 28 heavy (non-hydrogen) atoms. The third kappa shape index (κ3) is 3.35. The highest BCUT2D eigenvalue weighted by Gasteiger charge is 2.43. The lowest BCUT2D eigenvalue weighted by molar-refractivity contribution is -0.161. The first-order chi connectivity index (χ1) is 13.6. The van der Waals surface area contributed by atoms with E-state index in [2.05, 4.69) is 6.07 Å². The Kier molecular flexibility index (Phi) is 5.51. The summed E-state index contributed by atoms with van der Waals surface area (Å²) < 4.78 is 10.8. The zero-order valence-electron chi connectivity index (χ0n) is 16.6. The van der Waals surface area contributed by atoms with Crippen LogP contribution in [-0.2, 0) is 25.5 Å². The highest BCUT2D eigenvalue weighted by atomic mass is 16.7. The monoisotopic (exact) mass is 384 g/mol. The number of benzene rings is 1. The van der Waals surface area contributed by atoms with Crippen LogP contribution in [-0.4, -0.2) is 67.3 Å². The van der Waals surface area contributed by atoms with Crippen LogP contribution in [0.3, 0.4) is 0 Å². The molecule has 1 aromatic carbocycles. The van der Waals surface area contributed by atoms with Crippen molar-refractivity contribution in [3.05, 3.63) is 41.0 Å². The minimum Gasteiger partial charge on any atom is -0.354 e. The summed E-state index contributed by atoms with van der Waals surface area (Å²) >= 11 is 0. The molecule has 6 heteroatoms. The number of amides is 2. The van der Waals surface area contributed by atoms with Crippen LogP contribution in [0, 0.1) is 0 Å². The summed E-state index contributed by atoms with van der Waals surface area (Å²) in [7, 11) is 3.20. The lowest BCUT2D eigenvalue weighted by Crippen LogP contribution is -2.52. The van der Waals surface area contributed by atoms with Crippen LogP contribution in [0.2, 0.25) is 0 Å². The molecule has 0 saturated carbocycles. The van der Waals surface area contributed by atoms with Crippen molar-refractivity contribution in [1.82, 2.24) is 9.80 Å². The molecule has 2 atom stereocenters. The smallest absolute Gasteiger partial charge is 0.250 e. The van der Waals surface area contributed by atoms with Crippen molar-refractivity contribution in [2.24, 2.45) is 0 Å². The van der Waals surface area contributed by atoms with E-state index in [1.807, 2.05) is 29.2 Å². The molecule has 0 N–H and O–H groups in total. The highest BCUT2D eigenvalue weighted by Crippen LogP contribution is 2.31. The second kappa shape index (κ2) is 8.05. The van der Waals surface area contributed by atoms with Crippen molar-refractivity contribution in [2.45, 2.75) is 50.5 Å². The molecule has 1 aromatic rings. The molecule has 1 unspecified atom stereocenters. The van der Waals surface area contributed by atoms with Crippen molar-refractivity contribution in [3.8, 4) is 0 Å². The largest absolute Gasteiger partial charge is 0.354 e. The quantitative estimate of drug-likeness (QED) is 0.731. The fraction of sp³-hybridized carbons (Fsp3) is 0.545. The summed E-state index contributed by atoms with van der Waals surface area (Å²) in [5.41, 5.74) is 3.07. The first-order valence-corrected chi connectivity index (χ1v) is 10.1. The van der Waals surface area contributed by atoms with Gasteiger partial charge in [0.1, 0.15) is 6.04 Å². The molecule has 2 saturated heterocycles. The van der Waals surface area contributed by atoms with Gasteiger partial charge in [-0.1, -0.05) is 24.3 Å². The van der Waals surface area contributed by atoms with E-state index >= 15 is 0 Å². The van der Waals surface area contributed by atoms with Crippen molar-refractivity contribution in [2.75, 3.05) is 27.3 Å². The van der Waals surface area contributed by atoms with Gasteiger partial charge in [0.2, 0.25) is 5.91 Å². The molecular weight excluding hydrogens is 356 g/mol. The van der Waals surface area contributed by atoms with Crippen LogP contribution < -0.4 is 0 Å². The van der Waals surface area contributed by atoms with Crippen molar-refractivity contribution >= 4 is 17.9 Å². The summed E-state index contributed by atoms with van der Waals surface area (Å²) in [5, 5.41) is 0. The maximum Gasteiger partial charge on any atom is 0.250 e. The van der Waals surface area contributed by atoms with Gasteiger partial charge >= 0.3 is 0 Å². The Bertz CT molecular complexity index is 786. The number of hydrogen-bond donors (Lipinski definition) is 0. The van der Waals surface area contributed by atoms with Crippen LogP contribution in [0.15, 0.2) is 29.8 Å². The minimum absolute atomic E-state index is 0.00201. The Hall–Kier alpha value is -2.18. The Labute approximate surface area is 166 Å². The molecule has 150 valence electrons. The highest BCUT2D eigenvalue weighted by molar-refractivity contribution is 6.02. The summed E-state index contributed by atoms with van der Waals surface area (Å²) in [6.45, 7) is 1.33. The SMILES string of the molecule is COC(OC)C1CCCN1C(=O)[C@@H]1CCCN1C(=O)C1=Cc2ccccc2C1. The Balaban J connectivity index is 1.49. The number of fused-ring (bicyclic) bond motifs is 1. The number of rotatable bonds is 5. The molecule has 0 radical (unpaired) electrons. The van der Waals surface area contributed by atoms with Gasteiger partial charge in [-0.3, -0.25) is 9.59 Å². The normalized spacial score (nSPS) is 24.0. The van der Waals surface area contributed by atoms with E-state index in [1.54, 1.807) is 19.1 Å². The molecule has 6 nitrogen and oxygen atoms in total. The van der Waals surface area contributed by atoms with Gasteiger partial charge in [-0.05, 0) is 42.9 Å². The van der Waals surface area contributed by atoms with Crippen LogP contribution in [0.4, 0.5) is 0 Å². The van der Waals surface area contributed by atoms with E-state index in [-0.39, 0.29) is 23.9 Å². The predicted molar refractivity (Wildman–Crippen MR) is 105 cm³/mol. The van der Waals surface area contributed by atoms with E-state index in [0.717, 1.165) is 36.8 Å². The maximum atomic E-state index is 13.3. The van der Waals surface area contributed by atoms with Crippen LogP contribution in [0.5, 0.6) is 0 Å². The molecule has 4 rings (SSSR count). The maximum absolute atomic E-state index is 13.3. The molecule has 2 amide bonds. The predicted octanol–water partition coefficient (Wildman–Crippen LogP) is 2.23. The van der Waals surface area contributed by atoms with Gasteiger partial charge < -0.3 is 19.3 Å². The number of ether oxygens (including phenoxy) is 2.